The Bertz CT molecular complexity index is 1750. The van der Waals surface area contributed by atoms with Crippen molar-refractivity contribution in [2.45, 2.75) is 89.1 Å². The Kier molecular flexibility index (Phi) is 11.3. The molecular formula is C40H48O9S. The third kappa shape index (κ3) is 7.31. The molecule has 0 aliphatic carbocycles. The second kappa shape index (κ2) is 15.8. The molecule has 0 saturated heterocycles. The summed E-state index contributed by atoms with van der Waals surface area (Å²) in [4.78, 5) is 13.5. The van der Waals surface area contributed by atoms with Gasteiger partial charge in [0, 0.05) is 40.2 Å². The van der Waals surface area contributed by atoms with E-state index in [2.05, 4.69) is 13.5 Å². The maximum Gasteiger partial charge on any atom is 0.231 e. The van der Waals surface area contributed by atoms with Gasteiger partial charge in [-0.25, -0.2) is 0 Å². The number of fused-ring (bicyclic) bond motifs is 7. The van der Waals surface area contributed by atoms with E-state index in [-0.39, 0.29) is 30.5 Å². The van der Waals surface area contributed by atoms with Crippen LogP contribution in [0.25, 0.3) is 0 Å². The van der Waals surface area contributed by atoms with Crippen LogP contribution in [0.2, 0.25) is 0 Å². The molecule has 9 nitrogen and oxygen atoms in total. The summed E-state index contributed by atoms with van der Waals surface area (Å²) >= 11 is 0. The average molecular weight is 705 g/mol. The quantitative estimate of drug-likeness (QED) is 0.136. The van der Waals surface area contributed by atoms with Gasteiger partial charge in [-0.05, 0) is 61.7 Å². The predicted octanol–water partition coefficient (Wildman–Crippen LogP) is 8.29. The zero-order chi connectivity index (χ0) is 35.4. The van der Waals surface area contributed by atoms with Crippen LogP contribution < -0.4 is 33.2 Å². The molecule has 50 heavy (non-hydrogen) atoms. The SMILES string of the molecule is C=C(C)[C@H]1Cc2c(ccc3c2O[C@@H]2COc4cc(OC)c(OC)cc4[C@@H]2C3=O)O1.CCCCCCCCS(=O)C(C)c1ccc2c(c1)OCO2. The van der Waals surface area contributed by atoms with Gasteiger partial charge in [0.15, 0.2) is 28.8 Å². The molecule has 5 atom stereocenters. The van der Waals surface area contributed by atoms with Gasteiger partial charge in [0.25, 0.3) is 0 Å². The van der Waals surface area contributed by atoms with Gasteiger partial charge >= 0.3 is 0 Å². The van der Waals surface area contributed by atoms with Gasteiger partial charge in [0.05, 0.1) is 31.0 Å². The maximum absolute atomic E-state index is 13.5. The Labute approximate surface area is 297 Å². The Morgan fingerprint density at radius 3 is 2.38 bits per heavy atom. The van der Waals surface area contributed by atoms with Crippen molar-refractivity contribution in [2.75, 3.05) is 33.4 Å². The van der Waals surface area contributed by atoms with E-state index >= 15 is 0 Å². The molecule has 3 aromatic carbocycles. The minimum Gasteiger partial charge on any atom is -0.493 e. The van der Waals surface area contributed by atoms with Crippen molar-refractivity contribution in [3.05, 3.63) is 76.9 Å². The molecule has 0 bridgehead atoms. The summed E-state index contributed by atoms with van der Waals surface area (Å²) in [5.41, 5.74) is 4.29. The molecule has 0 amide bonds. The summed E-state index contributed by atoms with van der Waals surface area (Å²) < 4.78 is 52.1. The largest absolute Gasteiger partial charge is 0.493 e. The number of rotatable bonds is 12. The number of carbonyl (C=O) groups excluding carboxylic acids is 1. The number of ketones is 1. The van der Waals surface area contributed by atoms with E-state index in [9.17, 15) is 9.00 Å². The second-order valence-electron chi connectivity index (χ2n) is 13.2. The predicted molar refractivity (Wildman–Crippen MR) is 193 cm³/mol. The van der Waals surface area contributed by atoms with Crippen LogP contribution in [0.5, 0.6) is 40.2 Å². The summed E-state index contributed by atoms with van der Waals surface area (Å²) in [6.07, 6.45) is 7.57. The van der Waals surface area contributed by atoms with Crippen LogP contribution in [0.3, 0.4) is 0 Å². The Morgan fingerprint density at radius 2 is 1.62 bits per heavy atom. The van der Waals surface area contributed by atoms with Crippen molar-refractivity contribution in [1.82, 2.24) is 0 Å². The molecule has 2 unspecified atom stereocenters. The fraction of sp³-hybridized carbons (Fsp3) is 0.475. The minimum absolute atomic E-state index is 0.0228. The lowest BCUT2D eigenvalue weighted by molar-refractivity contribution is 0.0554. The third-order valence-electron chi connectivity index (χ3n) is 9.83. The zero-order valence-corrected chi connectivity index (χ0v) is 30.5. The van der Waals surface area contributed by atoms with Crippen LogP contribution in [0.15, 0.2) is 54.6 Å². The monoisotopic (exact) mass is 704 g/mol. The number of hydrogen-bond acceptors (Lipinski definition) is 9. The minimum atomic E-state index is -0.816. The lowest BCUT2D eigenvalue weighted by Crippen LogP contribution is -2.43. The fourth-order valence-electron chi connectivity index (χ4n) is 6.86. The highest BCUT2D eigenvalue weighted by Gasteiger charge is 2.45. The topological polar surface area (TPSA) is 98.8 Å². The Morgan fingerprint density at radius 1 is 0.900 bits per heavy atom. The van der Waals surface area contributed by atoms with Gasteiger partial charge < -0.3 is 33.2 Å². The van der Waals surface area contributed by atoms with Crippen molar-refractivity contribution in [3.8, 4) is 40.2 Å². The summed E-state index contributed by atoms with van der Waals surface area (Å²) in [7, 11) is 2.33. The van der Waals surface area contributed by atoms with Crippen LogP contribution in [-0.4, -0.2) is 55.6 Å². The van der Waals surface area contributed by atoms with E-state index in [1.165, 1.54) is 32.1 Å². The first-order chi connectivity index (χ1) is 24.2. The molecule has 4 aliphatic heterocycles. The number of Topliss-reactive ketones (excluding diaryl/α,β-unsaturated/α-hetero) is 1. The molecule has 0 N–H and O–H groups in total. The van der Waals surface area contributed by atoms with Crippen LogP contribution in [-0.2, 0) is 17.2 Å². The van der Waals surface area contributed by atoms with E-state index < -0.39 is 22.8 Å². The van der Waals surface area contributed by atoms with Crippen LogP contribution in [0.1, 0.15) is 97.5 Å². The lowest BCUT2D eigenvalue weighted by atomic mass is 9.81. The molecule has 4 heterocycles. The highest BCUT2D eigenvalue weighted by Crippen LogP contribution is 2.50. The number of carbonyl (C=O) groups is 1. The van der Waals surface area contributed by atoms with Crippen molar-refractivity contribution in [3.63, 3.8) is 0 Å². The van der Waals surface area contributed by atoms with Gasteiger partial charge in [0.2, 0.25) is 6.79 Å². The smallest absolute Gasteiger partial charge is 0.231 e. The van der Waals surface area contributed by atoms with Crippen LogP contribution >= 0.6 is 0 Å². The normalized spacial score (nSPS) is 20.3. The van der Waals surface area contributed by atoms with Crippen molar-refractivity contribution < 1.29 is 42.2 Å². The van der Waals surface area contributed by atoms with E-state index in [1.54, 1.807) is 26.4 Å². The lowest BCUT2D eigenvalue weighted by Gasteiger charge is -2.37. The molecule has 3 aromatic rings. The molecule has 0 saturated carbocycles. The standard InChI is InChI=1S/C23H22O6.C17H26O3S/c1-11(2)16-8-14-15(28-16)6-5-12-22(24)21-13-7-18(25-3)19(26-4)9-17(13)27-10-20(21)29-23(12)14;1-3-4-5-6-7-8-11-21(18)14(2)15-9-10-16-17(12-15)20-13-19-16/h5-7,9,16,20-21H,1,8,10H2,2-4H3;9-10,12,14H,3-8,11,13H2,1-2H3/t16-,20-,21+;/m1./s1. The van der Waals surface area contributed by atoms with E-state index in [1.807, 2.05) is 44.2 Å². The van der Waals surface area contributed by atoms with E-state index in [4.69, 9.17) is 33.2 Å². The number of hydrogen-bond donors (Lipinski definition) is 0. The van der Waals surface area contributed by atoms with E-state index in [0.717, 1.165) is 51.7 Å². The fourth-order valence-corrected chi connectivity index (χ4v) is 8.15. The summed E-state index contributed by atoms with van der Waals surface area (Å²) in [5.74, 6) is 5.03. The van der Waals surface area contributed by atoms with Gasteiger partial charge in [0.1, 0.15) is 36.1 Å². The zero-order valence-electron chi connectivity index (χ0n) is 29.7. The van der Waals surface area contributed by atoms with E-state index in [0.29, 0.717) is 35.0 Å². The van der Waals surface area contributed by atoms with Gasteiger partial charge in [-0.1, -0.05) is 51.7 Å². The molecule has 0 aromatic heterocycles. The maximum atomic E-state index is 13.5. The third-order valence-corrected chi connectivity index (χ3v) is 11.6. The van der Waals surface area contributed by atoms with Crippen molar-refractivity contribution >= 4 is 16.6 Å². The molecule has 10 heteroatoms. The first kappa shape index (κ1) is 35.6. The molecule has 4 aliphatic rings. The molecule has 0 fully saturated rings. The van der Waals surface area contributed by atoms with Gasteiger partial charge in [-0.3, -0.25) is 9.00 Å². The van der Waals surface area contributed by atoms with Crippen LogP contribution in [0, 0.1) is 0 Å². The molecule has 0 spiro atoms. The first-order valence-electron chi connectivity index (χ1n) is 17.6. The molecule has 268 valence electrons. The summed E-state index contributed by atoms with van der Waals surface area (Å²) in [6.45, 7) is 10.8. The van der Waals surface area contributed by atoms with Gasteiger partial charge in [-0.15, -0.1) is 0 Å². The number of methoxy groups -OCH3 is 2. The number of ether oxygens (including phenoxy) is 7. The van der Waals surface area contributed by atoms with Crippen molar-refractivity contribution in [1.29, 1.82) is 0 Å². The Balaban J connectivity index is 0.000000183. The number of unbranched alkanes of at least 4 members (excludes halogenated alkanes) is 5. The van der Waals surface area contributed by atoms with Crippen LogP contribution in [0.4, 0.5) is 0 Å². The Hall–Kier alpha value is -4.18. The van der Waals surface area contributed by atoms with Crippen molar-refractivity contribution in [2.24, 2.45) is 0 Å². The highest BCUT2D eigenvalue weighted by molar-refractivity contribution is 7.85. The molecule has 7 rings (SSSR count). The number of benzene rings is 3. The summed E-state index contributed by atoms with van der Waals surface area (Å²) in [5, 5.41) is 0.0511. The molecule has 0 radical (unpaired) electrons. The highest BCUT2D eigenvalue weighted by atomic mass is 32.2. The average Bonchev–Trinajstić information content (AvgIpc) is 3.80. The summed E-state index contributed by atoms with van der Waals surface area (Å²) in [6, 6.07) is 13.1. The first-order valence-corrected chi connectivity index (χ1v) is 19.0. The molecular weight excluding hydrogens is 656 g/mol. The second-order valence-corrected chi connectivity index (χ2v) is 15.1. The van der Waals surface area contributed by atoms with Gasteiger partial charge in [-0.2, -0.15) is 0 Å².